The average Bonchev–Trinajstić information content (AvgIpc) is 2.69. The van der Waals surface area contributed by atoms with Gasteiger partial charge in [-0.25, -0.2) is 0 Å². The highest BCUT2D eigenvalue weighted by Gasteiger charge is 2.22. The van der Waals surface area contributed by atoms with Gasteiger partial charge in [0, 0.05) is 11.6 Å². The van der Waals surface area contributed by atoms with Crippen LogP contribution in [0.2, 0.25) is 0 Å². The largest absolute Gasteiger partial charge is 1.00 e. The summed E-state index contributed by atoms with van der Waals surface area (Å²) in [5, 5.41) is 9.37. The third kappa shape index (κ3) is 6.33. The predicted octanol–water partition coefficient (Wildman–Crippen LogP) is 3.21. The number of benzene rings is 2. The summed E-state index contributed by atoms with van der Waals surface area (Å²) in [6.45, 7) is 5.42. The summed E-state index contributed by atoms with van der Waals surface area (Å²) in [6.07, 6.45) is 3.99. The minimum atomic E-state index is 0. The first-order valence-electron chi connectivity index (χ1n) is 9.16. The van der Waals surface area contributed by atoms with Crippen LogP contribution in [-0.4, -0.2) is 20.3 Å². The topological polar surface area (TPSA) is 55.8 Å². The van der Waals surface area contributed by atoms with Crippen molar-refractivity contribution in [2.24, 2.45) is 0 Å². The number of diazo groups is 1. The van der Waals surface area contributed by atoms with E-state index in [1.807, 2.05) is 30.3 Å². The highest BCUT2D eigenvalue weighted by atomic mass is 35.5. The molecule has 0 radical (unpaired) electrons. The molecule has 0 amide bonds. The van der Waals surface area contributed by atoms with Crippen molar-refractivity contribution in [1.29, 1.82) is 5.39 Å². The fraction of sp³-hybridized carbons (Fsp3) is 0.429. The van der Waals surface area contributed by atoms with E-state index in [4.69, 9.17) is 14.2 Å². The van der Waals surface area contributed by atoms with Crippen LogP contribution in [0.1, 0.15) is 39.5 Å². The number of hydrogen-bond acceptors (Lipinski definition) is 4. The van der Waals surface area contributed by atoms with Gasteiger partial charge < -0.3 is 26.6 Å². The highest BCUT2D eigenvalue weighted by molar-refractivity contribution is 5.78. The molecular weight excluding hydrogens is 364 g/mol. The van der Waals surface area contributed by atoms with Crippen LogP contribution in [0.15, 0.2) is 36.4 Å². The maximum Gasteiger partial charge on any atom is 0.430 e. The molecule has 0 aliphatic heterocycles. The SMILES string of the molecule is CCCCOc1cc(-c2ccc(OC)cc2)c(OCCCC)cc1[N+]#N.[Cl-]. The minimum Gasteiger partial charge on any atom is -1.00 e. The fourth-order valence-electron chi connectivity index (χ4n) is 2.51. The lowest BCUT2D eigenvalue weighted by molar-refractivity contribution is -0.00000688. The molecule has 0 aliphatic rings. The van der Waals surface area contributed by atoms with Gasteiger partial charge in [-0.15, -0.1) is 0 Å². The van der Waals surface area contributed by atoms with Crippen LogP contribution in [0.4, 0.5) is 5.69 Å². The van der Waals surface area contributed by atoms with Gasteiger partial charge in [-0.1, -0.05) is 38.8 Å². The van der Waals surface area contributed by atoms with Crippen molar-refractivity contribution in [3.05, 3.63) is 41.4 Å². The van der Waals surface area contributed by atoms with E-state index in [1.165, 1.54) is 0 Å². The van der Waals surface area contributed by atoms with Crippen molar-refractivity contribution in [2.45, 2.75) is 39.5 Å². The number of rotatable bonds is 10. The zero-order valence-corrected chi connectivity index (χ0v) is 17.0. The molecule has 0 aliphatic carbocycles. The molecule has 2 aromatic carbocycles. The molecule has 0 fully saturated rings. The van der Waals surface area contributed by atoms with E-state index in [-0.39, 0.29) is 12.4 Å². The summed E-state index contributed by atoms with van der Waals surface area (Å²) >= 11 is 0. The summed E-state index contributed by atoms with van der Waals surface area (Å²) < 4.78 is 17.0. The van der Waals surface area contributed by atoms with Gasteiger partial charge in [0.15, 0.2) is 4.98 Å². The molecule has 0 saturated carbocycles. The summed E-state index contributed by atoms with van der Waals surface area (Å²) in [4.78, 5) is 3.38. The average molecular weight is 391 g/mol. The monoisotopic (exact) mass is 390 g/mol. The van der Waals surface area contributed by atoms with Gasteiger partial charge in [-0.2, -0.15) is 0 Å². The number of hydrogen-bond donors (Lipinski definition) is 0. The molecule has 0 spiro atoms. The first-order chi connectivity index (χ1) is 12.7. The maximum absolute atomic E-state index is 9.37. The Hall–Kier alpha value is -2.45. The van der Waals surface area contributed by atoms with E-state index in [1.54, 1.807) is 13.2 Å². The second-order valence-electron chi connectivity index (χ2n) is 6.05. The van der Waals surface area contributed by atoms with E-state index in [2.05, 4.69) is 18.8 Å². The van der Waals surface area contributed by atoms with E-state index in [0.717, 1.165) is 42.6 Å². The Morgan fingerprint density at radius 3 is 2.00 bits per heavy atom. The Balaban J connectivity index is 0.00000364. The summed E-state index contributed by atoms with van der Waals surface area (Å²) in [5.74, 6) is 2.03. The van der Waals surface area contributed by atoms with Crippen LogP contribution in [-0.2, 0) is 0 Å². The number of nitrogens with zero attached hydrogens (tertiary/aromatic N) is 2. The van der Waals surface area contributed by atoms with Crippen LogP contribution in [0.5, 0.6) is 17.2 Å². The smallest absolute Gasteiger partial charge is 0.430 e. The van der Waals surface area contributed by atoms with Crippen molar-refractivity contribution < 1.29 is 26.6 Å². The van der Waals surface area contributed by atoms with Crippen LogP contribution in [0.25, 0.3) is 16.1 Å². The second kappa shape index (κ2) is 12.0. The summed E-state index contributed by atoms with van der Waals surface area (Å²) in [7, 11) is 1.64. The second-order valence-corrected chi connectivity index (χ2v) is 6.05. The Kier molecular flexibility index (Phi) is 10.1. The molecule has 0 saturated heterocycles. The lowest BCUT2D eigenvalue weighted by Crippen LogP contribution is -3.00. The van der Waals surface area contributed by atoms with Gasteiger partial charge in [0.25, 0.3) is 0 Å². The molecule has 5 nitrogen and oxygen atoms in total. The summed E-state index contributed by atoms with van der Waals surface area (Å²) in [6, 6.07) is 11.4. The Morgan fingerprint density at radius 1 is 0.889 bits per heavy atom. The molecule has 2 aromatic rings. The van der Waals surface area contributed by atoms with E-state index < -0.39 is 0 Å². The van der Waals surface area contributed by atoms with Crippen LogP contribution in [0.3, 0.4) is 0 Å². The third-order valence-electron chi connectivity index (χ3n) is 4.08. The van der Waals surface area contributed by atoms with E-state index >= 15 is 0 Å². The number of unbranched alkanes of at least 4 members (excludes halogenated alkanes) is 2. The van der Waals surface area contributed by atoms with Gasteiger partial charge in [0.2, 0.25) is 11.1 Å². The molecule has 0 unspecified atom stereocenters. The predicted molar refractivity (Wildman–Crippen MR) is 104 cm³/mol. The molecule has 0 aromatic heterocycles. The summed E-state index contributed by atoms with van der Waals surface area (Å²) in [5.41, 5.74) is 2.27. The number of ether oxygens (including phenoxy) is 3. The van der Waals surface area contributed by atoms with Crippen molar-refractivity contribution in [1.82, 2.24) is 0 Å². The molecule has 0 heterocycles. The van der Waals surface area contributed by atoms with Crippen molar-refractivity contribution in [3.63, 3.8) is 0 Å². The Morgan fingerprint density at radius 2 is 1.48 bits per heavy atom. The molecule has 2 rings (SSSR count). The molecule has 0 bridgehead atoms. The molecule has 146 valence electrons. The molecule has 27 heavy (non-hydrogen) atoms. The fourth-order valence-corrected chi connectivity index (χ4v) is 2.51. The molecule has 6 heteroatoms. The number of halogens is 1. The lowest BCUT2D eigenvalue weighted by atomic mass is 10.0. The van der Waals surface area contributed by atoms with Gasteiger partial charge in [-0.3, -0.25) is 0 Å². The zero-order valence-electron chi connectivity index (χ0n) is 16.2. The molecule has 0 atom stereocenters. The van der Waals surface area contributed by atoms with Gasteiger partial charge in [0.1, 0.15) is 11.5 Å². The van der Waals surface area contributed by atoms with Crippen molar-refractivity contribution >= 4 is 5.69 Å². The van der Waals surface area contributed by atoms with Crippen LogP contribution in [0, 0.1) is 5.39 Å². The number of methoxy groups -OCH3 is 1. The van der Waals surface area contributed by atoms with Crippen molar-refractivity contribution in [2.75, 3.05) is 20.3 Å². The third-order valence-corrected chi connectivity index (χ3v) is 4.08. The van der Waals surface area contributed by atoms with Crippen molar-refractivity contribution in [3.8, 4) is 28.4 Å². The first-order valence-corrected chi connectivity index (χ1v) is 9.16. The molecular formula is C21H27ClN2O3. The highest BCUT2D eigenvalue weighted by Crippen LogP contribution is 2.41. The van der Waals surface area contributed by atoms with Gasteiger partial charge in [-0.05, 0) is 30.5 Å². The van der Waals surface area contributed by atoms with Gasteiger partial charge in [0.05, 0.1) is 26.4 Å². The zero-order chi connectivity index (χ0) is 18.8. The lowest BCUT2D eigenvalue weighted by Gasteiger charge is -2.13. The Bertz CT molecular complexity index is 742. The minimum absolute atomic E-state index is 0. The first kappa shape index (κ1) is 22.6. The molecule has 0 N–H and O–H groups in total. The van der Waals surface area contributed by atoms with E-state index in [0.29, 0.717) is 30.4 Å². The van der Waals surface area contributed by atoms with Crippen LogP contribution >= 0.6 is 0 Å². The van der Waals surface area contributed by atoms with Crippen LogP contribution < -0.4 is 26.6 Å². The van der Waals surface area contributed by atoms with E-state index in [9.17, 15) is 5.39 Å². The normalized spacial score (nSPS) is 9.85. The maximum atomic E-state index is 9.37. The standard InChI is InChI=1S/C21H27N2O3.ClH/c1-4-6-12-25-20-15-19(23-22)21(26-13-7-5-2)14-18(20)16-8-10-17(24-3)11-9-16;/h8-11,14-15H,4-7,12-13H2,1-3H3;1H/q+1;/p-1. The quantitative estimate of drug-likeness (QED) is 0.461. The Labute approximate surface area is 167 Å². The van der Waals surface area contributed by atoms with Gasteiger partial charge >= 0.3 is 5.69 Å².